The zero-order valence-corrected chi connectivity index (χ0v) is 13.9. The zero-order chi connectivity index (χ0) is 11.2. The molecule has 0 rings (SSSR count). The van der Waals surface area contributed by atoms with Gasteiger partial charge in [0.1, 0.15) is 10.5 Å². The van der Waals surface area contributed by atoms with Crippen molar-refractivity contribution in [3.05, 3.63) is 0 Å². The molecular formula is C11H28OSi2. The lowest BCUT2D eigenvalue weighted by Gasteiger charge is -2.38. The highest BCUT2D eigenvalue weighted by atomic mass is 28.4. The van der Waals surface area contributed by atoms with E-state index < -0.39 is 8.32 Å². The van der Waals surface area contributed by atoms with Crippen molar-refractivity contribution in [3.63, 3.8) is 0 Å². The minimum Gasteiger partial charge on any atom is -0.463 e. The summed E-state index contributed by atoms with van der Waals surface area (Å²) in [5, 5.41) is 0. The van der Waals surface area contributed by atoms with Crippen LogP contribution in [-0.2, 0) is 4.12 Å². The van der Waals surface area contributed by atoms with Crippen LogP contribution in [0.5, 0.6) is 0 Å². The molecule has 0 fully saturated rings. The summed E-state index contributed by atoms with van der Waals surface area (Å²) >= 11 is 0. The quantitative estimate of drug-likeness (QED) is 0.484. The van der Waals surface area contributed by atoms with Gasteiger partial charge in [0.2, 0.25) is 0 Å². The zero-order valence-electron chi connectivity index (χ0n) is 10.9. The predicted molar refractivity (Wildman–Crippen MR) is 71.3 cm³/mol. The molecule has 1 nitrogen and oxygen atoms in total. The number of hydrogen-bond acceptors (Lipinski definition) is 1. The summed E-state index contributed by atoms with van der Waals surface area (Å²) in [7, 11) is -0.478. The Morgan fingerprint density at radius 3 is 1.86 bits per heavy atom. The molecule has 0 bridgehead atoms. The predicted octanol–water partition coefficient (Wildman–Crippen LogP) is 3.24. The molecule has 0 aliphatic carbocycles. The maximum atomic E-state index is 6.09. The van der Waals surface area contributed by atoms with E-state index in [2.05, 4.69) is 34.6 Å². The highest BCUT2D eigenvalue weighted by Crippen LogP contribution is 2.37. The molecule has 0 saturated carbocycles. The average molecular weight is 233 g/mol. The van der Waals surface area contributed by atoms with Crippen molar-refractivity contribution in [2.24, 2.45) is 0 Å². The number of unbranched alkanes of at least 4 members (excludes halogenated alkanes) is 2. The van der Waals surface area contributed by atoms with Crippen LogP contribution in [0, 0.1) is 0 Å². The fourth-order valence-electron chi connectivity index (χ4n) is 2.47. The summed E-state index contributed by atoms with van der Waals surface area (Å²) in [6.07, 6.45) is 4.07. The Kier molecular flexibility index (Phi) is 6.99. The Morgan fingerprint density at radius 2 is 1.57 bits per heavy atom. The minimum absolute atomic E-state index is 0.775. The molecule has 0 heterocycles. The van der Waals surface area contributed by atoms with Crippen molar-refractivity contribution in [2.45, 2.75) is 71.0 Å². The maximum absolute atomic E-state index is 6.09. The summed E-state index contributed by atoms with van der Waals surface area (Å²) in [6.45, 7) is 11.7. The van der Waals surface area contributed by atoms with Crippen molar-refractivity contribution >= 4 is 18.8 Å². The third-order valence-corrected chi connectivity index (χ3v) is 11.6. The van der Waals surface area contributed by atoms with E-state index in [1.54, 1.807) is 0 Å². The fraction of sp³-hybridized carbons (Fsp3) is 1.00. The van der Waals surface area contributed by atoms with Gasteiger partial charge in [-0.2, -0.15) is 0 Å². The van der Waals surface area contributed by atoms with E-state index in [4.69, 9.17) is 4.12 Å². The first kappa shape index (κ1) is 14.4. The first-order chi connectivity index (χ1) is 6.51. The molecule has 86 valence electrons. The van der Waals surface area contributed by atoms with Gasteiger partial charge in [0.25, 0.3) is 0 Å². The number of rotatable bonds is 7. The molecule has 0 radical (unpaired) electrons. The normalized spacial score (nSPS) is 13.1. The van der Waals surface area contributed by atoms with Crippen molar-refractivity contribution in [1.82, 2.24) is 0 Å². The lowest BCUT2D eigenvalue weighted by atomic mass is 10.3. The highest BCUT2D eigenvalue weighted by molar-refractivity contribution is 6.78. The second kappa shape index (κ2) is 6.80. The summed E-state index contributed by atoms with van der Waals surface area (Å²) in [5.74, 6) is 0. The lowest BCUT2D eigenvalue weighted by Crippen LogP contribution is -2.44. The largest absolute Gasteiger partial charge is 0.463 e. The van der Waals surface area contributed by atoms with E-state index in [9.17, 15) is 0 Å². The van der Waals surface area contributed by atoms with Crippen LogP contribution in [0.1, 0.15) is 53.9 Å². The summed E-state index contributed by atoms with van der Waals surface area (Å²) in [4.78, 5) is 0. The molecular weight excluding hydrogens is 204 g/mol. The van der Waals surface area contributed by atoms with Crippen molar-refractivity contribution in [3.8, 4) is 0 Å². The Labute approximate surface area is 94.3 Å². The van der Waals surface area contributed by atoms with Gasteiger partial charge < -0.3 is 4.12 Å². The van der Waals surface area contributed by atoms with Crippen LogP contribution in [-0.4, -0.2) is 18.8 Å². The van der Waals surface area contributed by atoms with Crippen molar-refractivity contribution in [1.29, 1.82) is 0 Å². The molecule has 0 aromatic heterocycles. The molecule has 0 aliphatic rings. The molecule has 0 amide bonds. The van der Waals surface area contributed by atoms with E-state index >= 15 is 0 Å². The molecule has 14 heavy (non-hydrogen) atoms. The van der Waals surface area contributed by atoms with Gasteiger partial charge in [0, 0.05) is 0 Å². The van der Waals surface area contributed by atoms with E-state index in [0.29, 0.717) is 0 Å². The van der Waals surface area contributed by atoms with Crippen molar-refractivity contribution in [2.75, 3.05) is 0 Å². The Bertz CT molecular complexity index is 138. The molecule has 0 saturated heterocycles. The molecule has 0 N–H and O–H groups in total. The molecule has 0 unspecified atom stereocenters. The van der Waals surface area contributed by atoms with Crippen LogP contribution < -0.4 is 0 Å². The van der Waals surface area contributed by atoms with E-state index in [-0.39, 0.29) is 0 Å². The molecule has 0 aromatic carbocycles. The summed E-state index contributed by atoms with van der Waals surface area (Å²) < 4.78 is 6.09. The summed E-state index contributed by atoms with van der Waals surface area (Å²) in [6, 6.07) is 1.37. The van der Waals surface area contributed by atoms with Crippen LogP contribution in [0.4, 0.5) is 0 Å². The van der Waals surface area contributed by atoms with E-state index in [0.717, 1.165) is 21.6 Å². The number of hydrogen-bond donors (Lipinski definition) is 0. The van der Waals surface area contributed by atoms with Gasteiger partial charge in [0.05, 0.1) is 0 Å². The average Bonchev–Trinajstić information content (AvgIpc) is 2.11. The van der Waals surface area contributed by atoms with Crippen LogP contribution in [0.15, 0.2) is 0 Å². The SMILES string of the molecule is CCCCC[Si](O[SiH3])(C(C)C)C(C)C. The van der Waals surface area contributed by atoms with E-state index in [1.807, 2.05) is 0 Å². The highest BCUT2D eigenvalue weighted by Gasteiger charge is 2.39. The molecule has 0 atom stereocenters. The Morgan fingerprint density at radius 1 is 1.07 bits per heavy atom. The smallest absolute Gasteiger partial charge is 0.184 e. The van der Waals surface area contributed by atoms with Gasteiger partial charge in [0.15, 0.2) is 8.32 Å². The van der Waals surface area contributed by atoms with Gasteiger partial charge in [-0.1, -0.05) is 53.9 Å². The summed E-state index contributed by atoms with van der Waals surface area (Å²) in [5.41, 5.74) is 1.55. The van der Waals surface area contributed by atoms with Crippen molar-refractivity contribution < 1.29 is 4.12 Å². The second-order valence-corrected chi connectivity index (χ2v) is 11.3. The van der Waals surface area contributed by atoms with Gasteiger partial charge in [-0.25, -0.2) is 0 Å². The van der Waals surface area contributed by atoms with E-state index in [1.165, 1.54) is 25.3 Å². The Hall–Kier alpha value is 0.394. The minimum atomic E-state index is -1.40. The van der Waals surface area contributed by atoms with Gasteiger partial charge >= 0.3 is 0 Å². The second-order valence-electron chi connectivity index (χ2n) is 4.93. The Balaban J connectivity index is 4.35. The van der Waals surface area contributed by atoms with Crippen LogP contribution in [0.25, 0.3) is 0 Å². The molecule has 0 spiro atoms. The molecule has 0 aromatic rings. The topological polar surface area (TPSA) is 9.23 Å². The standard InChI is InChI=1S/C11H28OSi2/c1-6-7-8-9-14(12-13,10(2)3)11(4)5/h10-11H,6-9H2,1-5,13H3. The third kappa shape index (κ3) is 3.52. The maximum Gasteiger partial charge on any atom is 0.184 e. The molecule has 0 aliphatic heterocycles. The first-order valence-electron chi connectivity index (χ1n) is 6.06. The van der Waals surface area contributed by atoms with Gasteiger partial charge in [-0.3, -0.25) is 0 Å². The third-order valence-electron chi connectivity index (χ3n) is 3.51. The first-order valence-corrected chi connectivity index (χ1v) is 9.15. The fourth-order valence-corrected chi connectivity index (χ4v) is 10.3. The van der Waals surface area contributed by atoms with Gasteiger partial charge in [-0.05, 0) is 17.1 Å². The van der Waals surface area contributed by atoms with Crippen LogP contribution >= 0.6 is 0 Å². The monoisotopic (exact) mass is 232 g/mol. The molecule has 3 heteroatoms. The van der Waals surface area contributed by atoms with Crippen LogP contribution in [0.3, 0.4) is 0 Å². The van der Waals surface area contributed by atoms with Gasteiger partial charge in [-0.15, -0.1) is 0 Å². The van der Waals surface area contributed by atoms with Crippen LogP contribution in [0.2, 0.25) is 17.1 Å². The lowest BCUT2D eigenvalue weighted by molar-refractivity contribution is 0.529.